The molecule has 3 nitrogen and oxygen atoms in total. The number of ketones is 1. The molecule has 0 bridgehead atoms. The molecule has 0 spiro atoms. The van der Waals surface area contributed by atoms with Crippen LogP contribution in [0.4, 0.5) is 0 Å². The van der Waals surface area contributed by atoms with Gasteiger partial charge in [0, 0.05) is 0 Å². The van der Waals surface area contributed by atoms with Crippen LogP contribution in [0.3, 0.4) is 0 Å². The number of carbonyl (C=O) groups is 2. The van der Waals surface area contributed by atoms with Gasteiger partial charge >= 0.3 is 5.97 Å². The molecule has 0 atom stereocenters. The summed E-state index contributed by atoms with van der Waals surface area (Å²) in [6, 6.07) is 0. The van der Waals surface area contributed by atoms with E-state index in [9.17, 15) is 9.59 Å². The van der Waals surface area contributed by atoms with E-state index in [1.165, 1.54) is 71.1 Å². The molecule has 0 aromatic carbocycles. The Morgan fingerprint density at radius 2 is 1.26 bits per heavy atom. The summed E-state index contributed by atoms with van der Waals surface area (Å²) in [5.41, 5.74) is 0.207. The third-order valence-corrected chi connectivity index (χ3v) is 4.03. The zero-order valence-electron chi connectivity index (χ0n) is 15.5. The van der Waals surface area contributed by atoms with Crippen molar-refractivity contribution in [1.82, 2.24) is 0 Å². The van der Waals surface area contributed by atoms with E-state index in [1.807, 2.05) is 0 Å². The highest BCUT2D eigenvalue weighted by molar-refractivity contribution is 6.16. The Morgan fingerprint density at radius 1 is 0.783 bits per heavy atom. The summed E-state index contributed by atoms with van der Waals surface area (Å²) >= 11 is 0. The molecule has 3 heteroatoms. The average Bonchev–Trinajstić information content (AvgIpc) is 2.51. The van der Waals surface area contributed by atoms with Gasteiger partial charge in [-0.2, -0.15) is 0 Å². The van der Waals surface area contributed by atoms with E-state index < -0.39 is 5.97 Å². The van der Waals surface area contributed by atoms with Crippen molar-refractivity contribution in [2.75, 3.05) is 6.61 Å². The highest BCUT2D eigenvalue weighted by Gasteiger charge is 2.14. The number of esters is 1. The molecule has 0 aliphatic rings. The lowest BCUT2D eigenvalue weighted by Gasteiger charge is -2.04. The predicted octanol–water partition coefficient (Wildman–Crippen LogP) is 5.77. The molecule has 0 aliphatic heterocycles. The minimum Gasteiger partial charge on any atom is -0.462 e. The first-order valence-electron chi connectivity index (χ1n) is 9.51. The molecular weight excluding hydrogens is 288 g/mol. The second-order valence-corrected chi connectivity index (χ2v) is 6.22. The SMILES string of the molecule is CCCCCCCCCCCCCC=C(C(C)=O)C(=O)OCC. The molecule has 0 N–H and O–H groups in total. The molecule has 0 unspecified atom stereocenters. The lowest BCUT2D eigenvalue weighted by atomic mass is 10.0. The van der Waals surface area contributed by atoms with Crippen molar-refractivity contribution >= 4 is 11.8 Å². The number of rotatable bonds is 15. The number of Topliss-reactive ketones (excluding diaryl/α,β-unsaturated/α-hetero) is 1. The second-order valence-electron chi connectivity index (χ2n) is 6.22. The van der Waals surface area contributed by atoms with Gasteiger partial charge in [-0.05, 0) is 26.7 Å². The number of unbranched alkanes of at least 4 members (excludes halogenated alkanes) is 11. The Bertz CT molecular complexity index is 345. The van der Waals surface area contributed by atoms with Gasteiger partial charge in [0.15, 0.2) is 5.78 Å². The van der Waals surface area contributed by atoms with E-state index in [0.717, 1.165) is 12.8 Å². The van der Waals surface area contributed by atoms with Crippen molar-refractivity contribution in [1.29, 1.82) is 0 Å². The Kier molecular flexibility index (Phi) is 15.0. The lowest BCUT2D eigenvalue weighted by Crippen LogP contribution is -2.13. The Hall–Kier alpha value is -1.12. The van der Waals surface area contributed by atoms with Gasteiger partial charge in [0.05, 0.1) is 12.2 Å². The van der Waals surface area contributed by atoms with E-state index in [4.69, 9.17) is 4.74 Å². The minimum atomic E-state index is -0.483. The maximum atomic E-state index is 11.6. The summed E-state index contributed by atoms with van der Waals surface area (Å²) in [5, 5.41) is 0. The third kappa shape index (κ3) is 13.1. The van der Waals surface area contributed by atoms with Crippen molar-refractivity contribution < 1.29 is 14.3 Å². The minimum absolute atomic E-state index is 0.202. The Labute approximate surface area is 142 Å². The van der Waals surface area contributed by atoms with E-state index >= 15 is 0 Å². The van der Waals surface area contributed by atoms with Crippen LogP contribution in [-0.2, 0) is 14.3 Å². The number of hydrogen-bond donors (Lipinski definition) is 0. The first-order chi connectivity index (χ1) is 11.1. The van der Waals surface area contributed by atoms with Crippen molar-refractivity contribution in [3.05, 3.63) is 11.6 Å². The van der Waals surface area contributed by atoms with Crippen LogP contribution >= 0.6 is 0 Å². The molecule has 0 amide bonds. The van der Waals surface area contributed by atoms with Crippen LogP contribution in [0.1, 0.15) is 97.8 Å². The van der Waals surface area contributed by atoms with Crippen molar-refractivity contribution in [3.63, 3.8) is 0 Å². The molecule has 0 aromatic heterocycles. The van der Waals surface area contributed by atoms with E-state index in [2.05, 4.69) is 6.92 Å². The van der Waals surface area contributed by atoms with E-state index in [0.29, 0.717) is 6.61 Å². The van der Waals surface area contributed by atoms with Gasteiger partial charge in [-0.1, -0.05) is 77.2 Å². The fourth-order valence-corrected chi connectivity index (χ4v) is 2.63. The smallest absolute Gasteiger partial charge is 0.341 e. The monoisotopic (exact) mass is 324 g/mol. The normalized spacial score (nSPS) is 11.5. The number of hydrogen-bond acceptors (Lipinski definition) is 3. The maximum absolute atomic E-state index is 11.6. The van der Waals surface area contributed by atoms with Crippen LogP contribution < -0.4 is 0 Å². The molecular formula is C20H36O3. The summed E-state index contributed by atoms with van der Waals surface area (Å²) in [6.45, 7) is 5.73. The van der Waals surface area contributed by atoms with Gasteiger partial charge in [0.25, 0.3) is 0 Å². The van der Waals surface area contributed by atoms with Gasteiger partial charge in [-0.25, -0.2) is 4.79 Å². The summed E-state index contributed by atoms with van der Waals surface area (Å²) < 4.78 is 4.89. The summed E-state index contributed by atoms with van der Waals surface area (Å²) in [4.78, 5) is 23.0. The summed E-state index contributed by atoms with van der Waals surface area (Å²) in [6.07, 6.45) is 16.8. The maximum Gasteiger partial charge on any atom is 0.341 e. The molecule has 0 fully saturated rings. The number of ether oxygens (including phenoxy) is 1. The quantitative estimate of drug-likeness (QED) is 0.126. The second kappa shape index (κ2) is 15.8. The van der Waals surface area contributed by atoms with Crippen LogP contribution in [0.25, 0.3) is 0 Å². The van der Waals surface area contributed by atoms with E-state index in [-0.39, 0.29) is 11.4 Å². The van der Waals surface area contributed by atoms with Crippen molar-refractivity contribution in [2.24, 2.45) is 0 Å². The fourth-order valence-electron chi connectivity index (χ4n) is 2.63. The molecule has 134 valence electrons. The Morgan fingerprint density at radius 3 is 1.70 bits per heavy atom. The van der Waals surface area contributed by atoms with Gasteiger partial charge in [0.1, 0.15) is 0 Å². The average molecular weight is 325 g/mol. The summed E-state index contributed by atoms with van der Waals surface area (Å²) in [7, 11) is 0. The van der Waals surface area contributed by atoms with Crippen LogP contribution in [0.15, 0.2) is 11.6 Å². The molecule has 23 heavy (non-hydrogen) atoms. The van der Waals surface area contributed by atoms with Crippen LogP contribution in [0.2, 0.25) is 0 Å². The standard InChI is InChI=1S/C20H36O3/c1-4-6-7-8-9-10-11-12-13-14-15-16-17-19(18(3)21)20(22)23-5-2/h17H,4-16H2,1-3H3. The number of allylic oxidation sites excluding steroid dienone is 1. The third-order valence-electron chi connectivity index (χ3n) is 4.03. The number of carbonyl (C=O) groups excluding carboxylic acids is 2. The van der Waals surface area contributed by atoms with Crippen LogP contribution in [0.5, 0.6) is 0 Å². The van der Waals surface area contributed by atoms with Crippen molar-refractivity contribution in [3.8, 4) is 0 Å². The lowest BCUT2D eigenvalue weighted by molar-refractivity contribution is -0.139. The molecule has 0 saturated heterocycles. The zero-order chi connectivity index (χ0) is 17.3. The largest absolute Gasteiger partial charge is 0.462 e. The zero-order valence-corrected chi connectivity index (χ0v) is 15.5. The molecule has 0 saturated carbocycles. The van der Waals surface area contributed by atoms with E-state index in [1.54, 1.807) is 13.0 Å². The predicted molar refractivity (Wildman–Crippen MR) is 96.5 cm³/mol. The van der Waals surface area contributed by atoms with Crippen LogP contribution in [0, 0.1) is 0 Å². The van der Waals surface area contributed by atoms with Gasteiger partial charge < -0.3 is 4.74 Å². The molecule has 0 aromatic rings. The molecule has 0 radical (unpaired) electrons. The topological polar surface area (TPSA) is 43.4 Å². The summed E-state index contributed by atoms with van der Waals surface area (Å²) in [5.74, 6) is -0.686. The molecule has 0 rings (SSSR count). The Balaban J connectivity index is 3.61. The van der Waals surface area contributed by atoms with Gasteiger partial charge in [-0.3, -0.25) is 4.79 Å². The van der Waals surface area contributed by atoms with Gasteiger partial charge in [-0.15, -0.1) is 0 Å². The first kappa shape index (κ1) is 21.9. The highest BCUT2D eigenvalue weighted by Crippen LogP contribution is 2.13. The first-order valence-corrected chi connectivity index (χ1v) is 9.51. The molecule has 0 heterocycles. The van der Waals surface area contributed by atoms with Crippen LogP contribution in [-0.4, -0.2) is 18.4 Å². The van der Waals surface area contributed by atoms with Gasteiger partial charge in [0.2, 0.25) is 0 Å². The molecule has 0 aliphatic carbocycles. The highest BCUT2D eigenvalue weighted by atomic mass is 16.5. The van der Waals surface area contributed by atoms with Crippen molar-refractivity contribution in [2.45, 2.75) is 97.8 Å². The fraction of sp³-hybridized carbons (Fsp3) is 0.800.